The predicted octanol–water partition coefficient (Wildman–Crippen LogP) is 10.9. The van der Waals surface area contributed by atoms with E-state index in [1.807, 2.05) is 35.6 Å². The lowest BCUT2D eigenvalue weighted by Gasteiger charge is -2.15. The van der Waals surface area contributed by atoms with Gasteiger partial charge in [0.05, 0.1) is 6.04 Å². The lowest BCUT2D eigenvalue weighted by atomic mass is 9.93. The van der Waals surface area contributed by atoms with Gasteiger partial charge in [-0.25, -0.2) is 0 Å². The first-order chi connectivity index (χ1) is 20.1. The van der Waals surface area contributed by atoms with Crippen molar-refractivity contribution in [1.29, 1.82) is 0 Å². The molecule has 0 amide bonds. The third-order valence-electron chi connectivity index (χ3n) is 7.25. The minimum Gasteiger partial charge on any atom is -0.320 e. The first-order valence-corrected chi connectivity index (χ1v) is 14.7. The molecule has 0 saturated heterocycles. The van der Waals surface area contributed by atoms with Crippen LogP contribution in [0.25, 0.3) is 36.9 Å². The molecule has 1 nitrogen and oxygen atoms in total. The number of hydrogen-bond acceptors (Lipinski definition) is 2. The summed E-state index contributed by atoms with van der Waals surface area (Å²) in [5, 5.41) is 2.56. The second kappa shape index (κ2) is 13.2. The van der Waals surface area contributed by atoms with Gasteiger partial charge < -0.3 is 5.73 Å². The molecule has 5 aromatic carbocycles. The number of nitrogens with two attached hydrogens (primary N) is 1. The van der Waals surface area contributed by atoms with Gasteiger partial charge in [0.1, 0.15) is 0 Å². The third-order valence-corrected chi connectivity index (χ3v) is 8.39. The average molecular weight is 550 g/mol. The normalized spacial score (nSPS) is 12.3. The summed E-state index contributed by atoms with van der Waals surface area (Å²) in [5.74, 6) is 0. The molecule has 202 valence electrons. The summed E-state index contributed by atoms with van der Waals surface area (Å²) in [5.41, 5.74) is 15.2. The fraction of sp³-hybridized carbons (Fsp3) is 0.0769. The zero-order valence-electron chi connectivity index (χ0n) is 23.6. The SMILES string of the molecule is C=C/C=C\C(=C/C)c1ccc(-c2ccc(C(N)c3cccc4sc5ccccc5c34)cc2)cc1.Cc1ccccc1. The summed E-state index contributed by atoms with van der Waals surface area (Å²) in [6, 6.07) is 42.5. The Bertz CT molecular complexity index is 1800. The summed E-state index contributed by atoms with van der Waals surface area (Å²) in [6.07, 6.45) is 7.95. The molecule has 1 heterocycles. The van der Waals surface area contributed by atoms with Crippen LogP contribution < -0.4 is 5.73 Å². The summed E-state index contributed by atoms with van der Waals surface area (Å²) >= 11 is 1.83. The molecule has 0 fully saturated rings. The molecule has 0 spiro atoms. The van der Waals surface area contributed by atoms with Gasteiger partial charge in [0.25, 0.3) is 0 Å². The molecule has 0 aliphatic carbocycles. The van der Waals surface area contributed by atoms with Gasteiger partial charge in [-0.3, -0.25) is 0 Å². The summed E-state index contributed by atoms with van der Waals surface area (Å²) in [6.45, 7) is 7.89. The Morgan fingerprint density at radius 3 is 2.00 bits per heavy atom. The zero-order chi connectivity index (χ0) is 28.6. The maximum Gasteiger partial charge on any atom is 0.0558 e. The molecule has 1 aromatic heterocycles. The van der Waals surface area contributed by atoms with E-state index in [4.69, 9.17) is 5.73 Å². The smallest absolute Gasteiger partial charge is 0.0558 e. The highest BCUT2D eigenvalue weighted by molar-refractivity contribution is 7.25. The van der Waals surface area contributed by atoms with E-state index in [1.165, 1.54) is 53.6 Å². The van der Waals surface area contributed by atoms with E-state index in [0.717, 1.165) is 5.56 Å². The molecular formula is C39H35NS. The Morgan fingerprint density at radius 2 is 1.37 bits per heavy atom. The van der Waals surface area contributed by atoms with Crippen LogP contribution >= 0.6 is 11.3 Å². The van der Waals surface area contributed by atoms with Crippen LogP contribution in [0.3, 0.4) is 0 Å². The number of fused-ring (bicyclic) bond motifs is 3. The average Bonchev–Trinajstić information content (AvgIpc) is 3.41. The van der Waals surface area contributed by atoms with Crippen LogP contribution in [0.1, 0.15) is 35.2 Å². The lowest BCUT2D eigenvalue weighted by Crippen LogP contribution is -2.12. The number of hydrogen-bond donors (Lipinski definition) is 1. The zero-order valence-corrected chi connectivity index (χ0v) is 24.4. The monoisotopic (exact) mass is 549 g/mol. The van der Waals surface area contributed by atoms with Crippen LogP contribution in [0.4, 0.5) is 0 Å². The van der Waals surface area contributed by atoms with Crippen molar-refractivity contribution in [2.24, 2.45) is 5.73 Å². The molecule has 0 aliphatic rings. The summed E-state index contributed by atoms with van der Waals surface area (Å²) < 4.78 is 2.59. The Balaban J connectivity index is 0.000000423. The molecule has 6 rings (SSSR count). The molecule has 41 heavy (non-hydrogen) atoms. The van der Waals surface area contributed by atoms with Crippen LogP contribution in [0, 0.1) is 6.92 Å². The van der Waals surface area contributed by atoms with Crippen molar-refractivity contribution < 1.29 is 0 Å². The second-order valence-electron chi connectivity index (χ2n) is 9.99. The Labute approximate surface area is 247 Å². The topological polar surface area (TPSA) is 26.0 Å². The van der Waals surface area contributed by atoms with Gasteiger partial charge >= 0.3 is 0 Å². The van der Waals surface area contributed by atoms with Gasteiger partial charge in [-0.2, -0.15) is 0 Å². The second-order valence-corrected chi connectivity index (χ2v) is 11.1. The van der Waals surface area contributed by atoms with Crippen LogP contribution in [-0.4, -0.2) is 0 Å². The van der Waals surface area contributed by atoms with Gasteiger partial charge in [0, 0.05) is 20.2 Å². The number of rotatable bonds is 6. The summed E-state index contributed by atoms with van der Waals surface area (Å²) in [7, 11) is 0. The van der Waals surface area contributed by atoms with Gasteiger partial charge in [-0.05, 0) is 59.4 Å². The fourth-order valence-electron chi connectivity index (χ4n) is 5.04. The van der Waals surface area contributed by atoms with Crippen molar-refractivity contribution in [2.75, 3.05) is 0 Å². The molecule has 2 heteroatoms. The number of thiophene rings is 1. The van der Waals surface area contributed by atoms with Crippen molar-refractivity contribution in [3.8, 4) is 11.1 Å². The largest absolute Gasteiger partial charge is 0.320 e. The molecule has 0 bridgehead atoms. The van der Waals surface area contributed by atoms with Gasteiger partial charge in [-0.15, -0.1) is 11.3 Å². The highest BCUT2D eigenvalue weighted by Crippen LogP contribution is 2.39. The minimum atomic E-state index is -0.174. The first-order valence-electron chi connectivity index (χ1n) is 13.9. The molecule has 2 N–H and O–H groups in total. The summed E-state index contributed by atoms with van der Waals surface area (Å²) in [4.78, 5) is 0. The molecule has 0 aliphatic heterocycles. The number of benzene rings is 5. The lowest BCUT2D eigenvalue weighted by molar-refractivity contribution is 0.882. The third kappa shape index (κ3) is 6.47. The molecule has 0 radical (unpaired) electrons. The van der Waals surface area contributed by atoms with Gasteiger partial charge in [0.2, 0.25) is 0 Å². The van der Waals surface area contributed by atoms with Gasteiger partial charge in [-0.1, -0.05) is 146 Å². The van der Waals surface area contributed by atoms with Crippen LogP contribution in [-0.2, 0) is 0 Å². The van der Waals surface area contributed by atoms with Crippen molar-refractivity contribution in [2.45, 2.75) is 19.9 Å². The van der Waals surface area contributed by atoms with E-state index in [2.05, 4.69) is 136 Å². The van der Waals surface area contributed by atoms with E-state index in [9.17, 15) is 0 Å². The first kappa shape index (κ1) is 28.0. The van der Waals surface area contributed by atoms with Crippen molar-refractivity contribution in [3.05, 3.63) is 174 Å². The van der Waals surface area contributed by atoms with E-state index < -0.39 is 0 Å². The Kier molecular flexibility index (Phi) is 9.05. The van der Waals surface area contributed by atoms with E-state index in [1.54, 1.807) is 6.08 Å². The highest BCUT2D eigenvalue weighted by Gasteiger charge is 2.16. The highest BCUT2D eigenvalue weighted by atomic mass is 32.1. The fourth-order valence-corrected chi connectivity index (χ4v) is 6.18. The van der Waals surface area contributed by atoms with Crippen LogP contribution in [0.2, 0.25) is 0 Å². The predicted molar refractivity (Wildman–Crippen MR) is 181 cm³/mol. The maximum atomic E-state index is 6.81. The van der Waals surface area contributed by atoms with Crippen molar-refractivity contribution in [1.82, 2.24) is 0 Å². The van der Waals surface area contributed by atoms with Gasteiger partial charge in [0.15, 0.2) is 0 Å². The Hall–Kier alpha value is -4.50. The number of allylic oxidation sites excluding steroid dienone is 5. The standard InChI is InChI=1S/C32H27NS.C7H8/c1-3-5-9-22(4-2)23-14-16-24(17-15-23)25-18-20-26(21-19-25)32(33)28-11-8-13-30-31(28)27-10-6-7-12-29(27)34-30;1-7-5-3-2-4-6-7/h3-21,32H,1,33H2,2H3;2-6H,1H3/b9-5-,22-4+;. The number of aryl methyl sites for hydroxylation is 1. The van der Waals surface area contributed by atoms with E-state index >= 15 is 0 Å². The molecule has 6 aromatic rings. The van der Waals surface area contributed by atoms with Crippen molar-refractivity contribution in [3.63, 3.8) is 0 Å². The molecule has 1 unspecified atom stereocenters. The Morgan fingerprint density at radius 1 is 0.732 bits per heavy atom. The van der Waals surface area contributed by atoms with Crippen LogP contribution in [0.15, 0.2) is 152 Å². The molecule has 0 saturated carbocycles. The maximum absolute atomic E-state index is 6.81. The molecular weight excluding hydrogens is 515 g/mol. The molecule has 1 atom stereocenters. The minimum absolute atomic E-state index is 0.174. The quantitative estimate of drug-likeness (QED) is 0.205. The van der Waals surface area contributed by atoms with E-state index in [-0.39, 0.29) is 6.04 Å². The van der Waals surface area contributed by atoms with Crippen LogP contribution in [0.5, 0.6) is 0 Å². The van der Waals surface area contributed by atoms with Crippen molar-refractivity contribution >= 4 is 37.1 Å². The van der Waals surface area contributed by atoms with E-state index in [0.29, 0.717) is 0 Å².